The Balaban J connectivity index is 2.00. The number of hydrogen-bond donors (Lipinski definition) is 0. The van der Waals surface area contributed by atoms with Gasteiger partial charge in [0.15, 0.2) is 0 Å². The van der Waals surface area contributed by atoms with Gasteiger partial charge < -0.3 is 0 Å². The average molecular weight is 331 g/mol. The molecular weight excluding hydrogens is 314 g/mol. The summed E-state index contributed by atoms with van der Waals surface area (Å²) in [6.07, 6.45) is 0. The number of fused-ring (bicyclic) bond motifs is 1. The predicted octanol–water partition coefficient (Wildman–Crippen LogP) is 4.11. The molecule has 0 saturated heterocycles. The molecule has 0 fully saturated rings. The molecule has 0 aliphatic rings. The summed E-state index contributed by atoms with van der Waals surface area (Å²) in [6.45, 7) is 2.71. The SMILES string of the molecule is CCN(Cc1ccccc1)S(=O)(=O)c1csc2ccccc12. The van der Waals surface area contributed by atoms with Gasteiger partial charge in [-0.05, 0) is 11.6 Å². The molecule has 1 heterocycles. The van der Waals surface area contributed by atoms with Crippen molar-refractivity contribution in [2.45, 2.75) is 18.4 Å². The highest BCUT2D eigenvalue weighted by Crippen LogP contribution is 2.31. The van der Waals surface area contributed by atoms with Crippen LogP contribution < -0.4 is 0 Å². The monoisotopic (exact) mass is 331 g/mol. The number of thiophene rings is 1. The molecule has 0 saturated carbocycles. The van der Waals surface area contributed by atoms with Crippen LogP contribution in [0.25, 0.3) is 10.1 Å². The summed E-state index contributed by atoms with van der Waals surface area (Å²) in [6, 6.07) is 17.3. The van der Waals surface area contributed by atoms with Gasteiger partial charge in [0.05, 0.1) is 0 Å². The molecular formula is C17H17NO2S2. The van der Waals surface area contributed by atoms with E-state index in [1.165, 1.54) is 15.6 Å². The molecule has 3 rings (SSSR count). The van der Waals surface area contributed by atoms with Gasteiger partial charge in [0, 0.05) is 28.6 Å². The predicted molar refractivity (Wildman–Crippen MR) is 91.5 cm³/mol. The van der Waals surface area contributed by atoms with E-state index in [4.69, 9.17) is 0 Å². The molecule has 0 amide bonds. The fraction of sp³-hybridized carbons (Fsp3) is 0.176. The fourth-order valence-electron chi connectivity index (χ4n) is 2.45. The summed E-state index contributed by atoms with van der Waals surface area (Å²) >= 11 is 1.47. The summed E-state index contributed by atoms with van der Waals surface area (Å²) in [4.78, 5) is 0.408. The minimum atomic E-state index is -3.49. The average Bonchev–Trinajstić information content (AvgIpc) is 2.98. The highest BCUT2D eigenvalue weighted by atomic mass is 32.2. The molecule has 0 aliphatic carbocycles. The lowest BCUT2D eigenvalue weighted by Crippen LogP contribution is -2.30. The van der Waals surface area contributed by atoms with Crippen LogP contribution >= 0.6 is 11.3 Å². The van der Waals surface area contributed by atoms with Gasteiger partial charge in [0.1, 0.15) is 4.90 Å². The van der Waals surface area contributed by atoms with Crippen molar-refractivity contribution in [3.63, 3.8) is 0 Å². The number of nitrogens with zero attached hydrogens (tertiary/aromatic N) is 1. The van der Waals surface area contributed by atoms with Gasteiger partial charge in [-0.2, -0.15) is 4.31 Å². The highest BCUT2D eigenvalue weighted by Gasteiger charge is 2.26. The number of benzene rings is 2. The lowest BCUT2D eigenvalue weighted by Gasteiger charge is -2.20. The van der Waals surface area contributed by atoms with Crippen molar-refractivity contribution >= 4 is 31.4 Å². The molecule has 5 heteroatoms. The van der Waals surface area contributed by atoms with E-state index in [0.717, 1.165) is 15.6 Å². The lowest BCUT2D eigenvalue weighted by atomic mass is 10.2. The molecule has 114 valence electrons. The number of sulfonamides is 1. The summed E-state index contributed by atoms with van der Waals surface area (Å²) < 4.78 is 28.5. The van der Waals surface area contributed by atoms with E-state index >= 15 is 0 Å². The van der Waals surface area contributed by atoms with Crippen LogP contribution in [-0.2, 0) is 16.6 Å². The Morgan fingerprint density at radius 3 is 2.41 bits per heavy atom. The molecule has 22 heavy (non-hydrogen) atoms. The zero-order valence-corrected chi connectivity index (χ0v) is 13.9. The Bertz CT molecular complexity index is 870. The summed E-state index contributed by atoms with van der Waals surface area (Å²) in [7, 11) is -3.49. The highest BCUT2D eigenvalue weighted by molar-refractivity contribution is 7.89. The first-order chi connectivity index (χ1) is 10.6. The minimum absolute atomic E-state index is 0.393. The number of hydrogen-bond acceptors (Lipinski definition) is 3. The Morgan fingerprint density at radius 2 is 1.68 bits per heavy atom. The van der Waals surface area contributed by atoms with Gasteiger partial charge in [0.2, 0.25) is 10.0 Å². The quantitative estimate of drug-likeness (QED) is 0.705. The first-order valence-corrected chi connectivity index (χ1v) is 9.45. The van der Waals surface area contributed by atoms with E-state index in [1.807, 2.05) is 61.5 Å². The second kappa shape index (κ2) is 6.20. The maximum absolute atomic E-state index is 13.0. The largest absolute Gasteiger partial charge is 0.244 e. The topological polar surface area (TPSA) is 37.4 Å². The molecule has 1 aromatic heterocycles. The Labute approximate surface area is 134 Å². The van der Waals surface area contributed by atoms with E-state index in [1.54, 1.807) is 5.38 Å². The van der Waals surface area contributed by atoms with E-state index in [-0.39, 0.29) is 0 Å². The summed E-state index contributed by atoms with van der Waals surface area (Å²) in [5.74, 6) is 0. The number of rotatable bonds is 5. The summed E-state index contributed by atoms with van der Waals surface area (Å²) in [5, 5.41) is 2.55. The third kappa shape index (κ3) is 2.79. The fourth-order valence-corrected chi connectivity index (χ4v) is 5.36. The van der Waals surface area contributed by atoms with Crippen LogP contribution in [0.5, 0.6) is 0 Å². The lowest BCUT2D eigenvalue weighted by molar-refractivity contribution is 0.424. The van der Waals surface area contributed by atoms with E-state index in [2.05, 4.69) is 0 Å². The van der Waals surface area contributed by atoms with Crippen LogP contribution in [0.15, 0.2) is 64.9 Å². The maximum atomic E-state index is 13.0. The smallest absolute Gasteiger partial charge is 0.207 e. The minimum Gasteiger partial charge on any atom is -0.207 e. The summed E-state index contributed by atoms with van der Waals surface area (Å²) in [5.41, 5.74) is 0.993. The van der Waals surface area contributed by atoms with Crippen molar-refractivity contribution < 1.29 is 8.42 Å². The second-order valence-corrected chi connectivity index (χ2v) is 7.83. The van der Waals surface area contributed by atoms with Crippen molar-refractivity contribution in [2.75, 3.05) is 6.54 Å². The Morgan fingerprint density at radius 1 is 1.00 bits per heavy atom. The molecule has 0 atom stereocenters. The van der Waals surface area contributed by atoms with Crippen molar-refractivity contribution in [1.82, 2.24) is 4.31 Å². The van der Waals surface area contributed by atoms with Crippen molar-refractivity contribution in [2.24, 2.45) is 0 Å². The second-order valence-electron chi connectivity index (χ2n) is 5.01. The standard InChI is InChI=1S/C17H17NO2S2/c1-2-18(12-14-8-4-3-5-9-14)22(19,20)17-13-21-16-11-7-6-10-15(16)17/h3-11,13H,2,12H2,1H3. The molecule has 0 spiro atoms. The molecule has 0 bridgehead atoms. The van der Waals surface area contributed by atoms with E-state index in [9.17, 15) is 8.42 Å². The van der Waals surface area contributed by atoms with Crippen molar-refractivity contribution in [1.29, 1.82) is 0 Å². The third-order valence-corrected chi connectivity index (χ3v) is 6.69. The van der Waals surface area contributed by atoms with E-state index < -0.39 is 10.0 Å². The van der Waals surface area contributed by atoms with Crippen LogP contribution in [0.3, 0.4) is 0 Å². The zero-order valence-electron chi connectivity index (χ0n) is 12.3. The van der Waals surface area contributed by atoms with Gasteiger partial charge >= 0.3 is 0 Å². The molecule has 0 N–H and O–H groups in total. The molecule has 0 unspecified atom stereocenters. The van der Waals surface area contributed by atoms with Gasteiger partial charge in [-0.3, -0.25) is 0 Å². The van der Waals surface area contributed by atoms with Crippen LogP contribution in [0.2, 0.25) is 0 Å². The van der Waals surface area contributed by atoms with Gasteiger partial charge in [-0.1, -0.05) is 55.5 Å². The molecule has 2 aromatic carbocycles. The molecule has 3 aromatic rings. The Hall–Kier alpha value is -1.69. The van der Waals surface area contributed by atoms with Crippen molar-refractivity contribution in [3.8, 4) is 0 Å². The van der Waals surface area contributed by atoms with Crippen LogP contribution in [0.1, 0.15) is 12.5 Å². The maximum Gasteiger partial charge on any atom is 0.244 e. The van der Waals surface area contributed by atoms with Crippen LogP contribution in [0, 0.1) is 0 Å². The molecule has 0 aliphatic heterocycles. The first kappa shape index (κ1) is 15.2. The zero-order chi connectivity index (χ0) is 15.6. The van der Waals surface area contributed by atoms with Crippen LogP contribution in [-0.4, -0.2) is 19.3 Å². The Kier molecular flexibility index (Phi) is 4.29. The molecule has 3 nitrogen and oxygen atoms in total. The molecule has 0 radical (unpaired) electrons. The van der Waals surface area contributed by atoms with Crippen molar-refractivity contribution in [3.05, 3.63) is 65.5 Å². The third-order valence-electron chi connectivity index (χ3n) is 3.62. The van der Waals surface area contributed by atoms with E-state index in [0.29, 0.717) is 18.0 Å². The van der Waals surface area contributed by atoms with Gasteiger partial charge in [0.25, 0.3) is 0 Å². The van der Waals surface area contributed by atoms with Gasteiger partial charge in [-0.25, -0.2) is 8.42 Å². The van der Waals surface area contributed by atoms with Crippen LogP contribution in [0.4, 0.5) is 0 Å². The first-order valence-electron chi connectivity index (χ1n) is 7.13. The van der Waals surface area contributed by atoms with Gasteiger partial charge in [-0.15, -0.1) is 11.3 Å². The normalized spacial score (nSPS) is 12.1.